The van der Waals surface area contributed by atoms with Crippen LogP contribution in [-0.2, 0) is 0 Å². The molecule has 34 heavy (non-hydrogen) atoms. The van der Waals surface area contributed by atoms with Crippen LogP contribution in [0.5, 0.6) is 0 Å². The molecule has 0 spiro atoms. The summed E-state index contributed by atoms with van der Waals surface area (Å²) in [4.78, 5) is 2.26. The molecule has 6 heteroatoms. The van der Waals surface area contributed by atoms with Crippen molar-refractivity contribution in [1.82, 2.24) is 4.90 Å². The summed E-state index contributed by atoms with van der Waals surface area (Å²) in [6, 6.07) is 0. The molecule has 1 heterocycles. The first kappa shape index (κ1) is 26.0. The van der Waals surface area contributed by atoms with Crippen LogP contribution in [0.3, 0.4) is 0 Å². The van der Waals surface area contributed by atoms with Crippen LogP contribution >= 0.6 is 0 Å². The van der Waals surface area contributed by atoms with Crippen molar-refractivity contribution < 1.29 is 23.4 Å². The number of alkyl halides is 3. The van der Waals surface area contributed by atoms with Crippen molar-refractivity contribution in [2.24, 2.45) is 29.1 Å². The largest absolute Gasteiger partial charge is 0.393 e. The third-order valence-electron chi connectivity index (χ3n) is 9.59. The van der Waals surface area contributed by atoms with Gasteiger partial charge in [0.05, 0.1) is 18.1 Å². The van der Waals surface area contributed by atoms with Crippen molar-refractivity contribution in [3.63, 3.8) is 0 Å². The van der Waals surface area contributed by atoms with Crippen LogP contribution in [0.2, 0.25) is 0 Å². The van der Waals surface area contributed by atoms with Crippen molar-refractivity contribution in [2.45, 2.75) is 90.0 Å². The number of piperidine rings is 1. The van der Waals surface area contributed by atoms with Crippen molar-refractivity contribution >= 4 is 0 Å². The van der Waals surface area contributed by atoms with Crippen molar-refractivity contribution in [3.8, 4) is 0 Å². The summed E-state index contributed by atoms with van der Waals surface area (Å²) in [6.45, 7) is 10.8. The molecule has 4 aliphatic rings. The average molecular weight is 482 g/mol. The maximum Gasteiger partial charge on any atom is 0.391 e. The molecule has 4 rings (SSSR count). The highest BCUT2D eigenvalue weighted by Gasteiger charge is 2.51. The minimum absolute atomic E-state index is 0.231. The van der Waals surface area contributed by atoms with E-state index in [2.05, 4.69) is 37.5 Å². The van der Waals surface area contributed by atoms with Gasteiger partial charge in [-0.2, -0.15) is 13.2 Å². The van der Waals surface area contributed by atoms with E-state index >= 15 is 0 Å². The SMILES string of the molecule is C=C1/C(=C\C=C2/CCC[C@]3(C)[C@@H](C(C)CN4CCC(C(F)(F)F)CC4)CC[C@@H]23)C[C@@H](O)C[C@@H]1O. The van der Waals surface area contributed by atoms with Crippen LogP contribution in [0, 0.1) is 29.1 Å². The molecule has 3 aliphatic carbocycles. The fourth-order valence-corrected chi connectivity index (χ4v) is 7.66. The number of halogens is 3. The van der Waals surface area contributed by atoms with Gasteiger partial charge in [-0.25, -0.2) is 0 Å². The zero-order valence-corrected chi connectivity index (χ0v) is 20.8. The second-order valence-corrected chi connectivity index (χ2v) is 11.8. The second kappa shape index (κ2) is 10.1. The number of hydrogen-bond donors (Lipinski definition) is 2. The van der Waals surface area contributed by atoms with E-state index < -0.39 is 24.3 Å². The summed E-state index contributed by atoms with van der Waals surface area (Å²) in [5, 5.41) is 20.2. The molecule has 0 amide bonds. The highest BCUT2D eigenvalue weighted by molar-refractivity contribution is 5.38. The average Bonchev–Trinajstić information content (AvgIpc) is 3.12. The van der Waals surface area contributed by atoms with Gasteiger partial charge in [0.1, 0.15) is 0 Å². The van der Waals surface area contributed by atoms with Crippen LogP contribution in [0.4, 0.5) is 13.2 Å². The quantitative estimate of drug-likeness (QED) is 0.515. The Balaban J connectivity index is 1.41. The lowest BCUT2D eigenvalue weighted by molar-refractivity contribution is -0.185. The van der Waals surface area contributed by atoms with Gasteiger partial charge in [-0.1, -0.05) is 38.2 Å². The number of aliphatic hydroxyl groups is 2. The molecule has 0 bridgehead atoms. The van der Waals surface area contributed by atoms with Crippen molar-refractivity contribution in [1.29, 1.82) is 0 Å². The smallest absolute Gasteiger partial charge is 0.391 e. The maximum atomic E-state index is 13.0. The molecular weight excluding hydrogens is 439 g/mol. The molecule has 6 atom stereocenters. The normalized spacial score (nSPS) is 39.6. The van der Waals surface area contributed by atoms with Gasteiger partial charge in [0.25, 0.3) is 0 Å². The Morgan fingerprint density at radius 2 is 1.85 bits per heavy atom. The Hall–Kier alpha value is -1.11. The lowest BCUT2D eigenvalue weighted by Gasteiger charge is -2.45. The molecule has 3 saturated carbocycles. The fourth-order valence-electron chi connectivity index (χ4n) is 7.66. The van der Waals surface area contributed by atoms with Crippen LogP contribution in [0.1, 0.15) is 71.6 Å². The summed E-state index contributed by atoms with van der Waals surface area (Å²) in [5.41, 5.74) is 3.39. The van der Waals surface area contributed by atoms with Gasteiger partial charge >= 0.3 is 6.18 Å². The molecule has 0 aromatic rings. The Kier molecular flexibility index (Phi) is 7.71. The zero-order valence-electron chi connectivity index (χ0n) is 20.8. The minimum atomic E-state index is -4.05. The number of aliphatic hydroxyl groups excluding tert-OH is 2. The molecule has 1 aliphatic heterocycles. The highest BCUT2D eigenvalue weighted by Crippen LogP contribution is 2.59. The Morgan fingerprint density at radius 3 is 2.53 bits per heavy atom. The van der Waals surface area contributed by atoms with Gasteiger partial charge in [0.15, 0.2) is 0 Å². The van der Waals surface area contributed by atoms with Crippen LogP contribution in [-0.4, -0.2) is 53.1 Å². The van der Waals surface area contributed by atoms with E-state index in [-0.39, 0.29) is 18.3 Å². The van der Waals surface area contributed by atoms with Gasteiger partial charge < -0.3 is 15.1 Å². The van der Waals surface area contributed by atoms with Gasteiger partial charge in [-0.3, -0.25) is 0 Å². The number of rotatable bonds is 4. The monoisotopic (exact) mass is 481 g/mol. The molecule has 3 nitrogen and oxygen atoms in total. The lowest BCUT2D eigenvalue weighted by Crippen LogP contribution is -2.44. The number of allylic oxidation sites excluding steroid dienone is 3. The van der Waals surface area contributed by atoms with E-state index in [0.29, 0.717) is 43.7 Å². The third-order valence-corrected chi connectivity index (χ3v) is 9.59. The molecule has 1 saturated heterocycles. The van der Waals surface area contributed by atoms with E-state index in [9.17, 15) is 23.4 Å². The molecule has 0 aromatic heterocycles. The van der Waals surface area contributed by atoms with E-state index in [1.54, 1.807) is 0 Å². The zero-order chi connectivity index (χ0) is 24.7. The van der Waals surface area contributed by atoms with E-state index in [1.807, 2.05) is 0 Å². The first-order valence-electron chi connectivity index (χ1n) is 13.2. The van der Waals surface area contributed by atoms with Crippen LogP contribution in [0.15, 0.2) is 35.5 Å². The molecule has 0 radical (unpaired) electrons. The summed E-state index contributed by atoms with van der Waals surface area (Å²) < 4.78 is 39.1. The van der Waals surface area contributed by atoms with Gasteiger partial charge in [-0.05, 0) is 98.8 Å². The Bertz CT molecular complexity index is 811. The summed E-state index contributed by atoms with van der Waals surface area (Å²) in [6.07, 6.45) is 6.28. The highest BCUT2D eigenvalue weighted by atomic mass is 19.4. The molecule has 192 valence electrons. The predicted octanol–water partition coefficient (Wildman–Crippen LogP) is 6.04. The van der Waals surface area contributed by atoms with E-state index in [1.165, 1.54) is 24.8 Å². The minimum Gasteiger partial charge on any atom is -0.393 e. The van der Waals surface area contributed by atoms with Crippen LogP contribution < -0.4 is 0 Å². The van der Waals surface area contributed by atoms with Crippen molar-refractivity contribution in [2.75, 3.05) is 19.6 Å². The summed E-state index contributed by atoms with van der Waals surface area (Å²) in [7, 11) is 0. The molecule has 1 unspecified atom stereocenters. The van der Waals surface area contributed by atoms with E-state index in [4.69, 9.17) is 0 Å². The lowest BCUT2D eigenvalue weighted by atomic mass is 9.61. The number of hydrogen-bond acceptors (Lipinski definition) is 3. The van der Waals surface area contributed by atoms with Crippen LogP contribution in [0.25, 0.3) is 0 Å². The summed E-state index contributed by atoms with van der Waals surface area (Å²) >= 11 is 0. The number of likely N-dealkylation sites (tertiary alicyclic amines) is 1. The Morgan fingerprint density at radius 1 is 1.15 bits per heavy atom. The second-order valence-electron chi connectivity index (χ2n) is 11.8. The predicted molar refractivity (Wildman–Crippen MR) is 129 cm³/mol. The summed E-state index contributed by atoms with van der Waals surface area (Å²) in [5.74, 6) is 0.462. The van der Waals surface area contributed by atoms with Gasteiger partial charge in [-0.15, -0.1) is 0 Å². The number of fused-ring (bicyclic) bond motifs is 1. The Labute approximate surface area is 202 Å². The van der Waals surface area contributed by atoms with Crippen molar-refractivity contribution in [3.05, 3.63) is 35.5 Å². The van der Waals surface area contributed by atoms with Gasteiger partial charge in [0.2, 0.25) is 0 Å². The standard InChI is InChI=1S/C28H42F3NO2/c1-18(17-32-13-10-22(11-14-32)28(29,30)31)24-8-9-25-20(5-4-12-27(24,25)3)6-7-21-15-23(33)16-26(34)19(21)2/h6-7,18,22-26,33-34H,2,4-5,8-17H2,1,3H3/b20-6+,21-7-/t18?,23-,24-,25+,26+,27-/m1/s1. The third kappa shape index (κ3) is 5.34. The topological polar surface area (TPSA) is 43.7 Å². The van der Waals surface area contributed by atoms with E-state index in [0.717, 1.165) is 30.5 Å². The molecule has 4 fully saturated rings. The number of nitrogens with zero attached hydrogens (tertiary/aromatic N) is 1. The molecular formula is C28H42F3NO2. The molecule has 0 aromatic carbocycles. The first-order valence-corrected chi connectivity index (χ1v) is 13.2. The first-order chi connectivity index (χ1) is 16.0. The fraction of sp³-hybridized carbons (Fsp3) is 0.786. The molecule has 2 N–H and O–H groups in total. The maximum absolute atomic E-state index is 13.0. The van der Waals surface area contributed by atoms with Gasteiger partial charge in [0, 0.05) is 13.0 Å².